The zero-order valence-electron chi connectivity index (χ0n) is 8.68. The lowest BCUT2D eigenvalue weighted by Crippen LogP contribution is -2.15. The standard InChI is InChI=1S/C10H23NS/c1-9(2)5-4-7-12-8-6-10(3)11/h9-10H,4-8,11H2,1-3H3/t10-/m1/s1. The van der Waals surface area contributed by atoms with Gasteiger partial charge in [0.2, 0.25) is 0 Å². The van der Waals surface area contributed by atoms with Crippen LogP contribution in [0.5, 0.6) is 0 Å². The first-order chi connectivity index (χ1) is 5.63. The second kappa shape index (κ2) is 7.93. The Morgan fingerprint density at radius 2 is 1.75 bits per heavy atom. The Labute approximate surface area is 81.5 Å². The fourth-order valence-corrected chi connectivity index (χ4v) is 2.08. The summed E-state index contributed by atoms with van der Waals surface area (Å²) in [5.74, 6) is 3.40. The Balaban J connectivity index is 2.91. The van der Waals surface area contributed by atoms with E-state index in [9.17, 15) is 0 Å². The first-order valence-corrected chi connectivity index (χ1v) is 6.11. The SMILES string of the molecule is CC(C)CCCSCC[C@@H](C)N. The van der Waals surface area contributed by atoms with Crippen molar-refractivity contribution in [1.29, 1.82) is 0 Å². The van der Waals surface area contributed by atoms with Crippen LogP contribution in [0.4, 0.5) is 0 Å². The Morgan fingerprint density at radius 3 is 2.25 bits per heavy atom. The molecule has 0 fully saturated rings. The van der Waals surface area contributed by atoms with Crippen molar-refractivity contribution in [3.05, 3.63) is 0 Å². The summed E-state index contributed by atoms with van der Waals surface area (Å²) >= 11 is 2.04. The van der Waals surface area contributed by atoms with Crippen LogP contribution in [0.15, 0.2) is 0 Å². The second-order valence-electron chi connectivity index (χ2n) is 3.91. The van der Waals surface area contributed by atoms with Crippen LogP contribution < -0.4 is 5.73 Å². The molecule has 0 aliphatic rings. The highest BCUT2D eigenvalue weighted by molar-refractivity contribution is 7.99. The third kappa shape index (κ3) is 10.3. The predicted octanol–water partition coefficient (Wildman–Crippen LogP) is 2.89. The molecule has 0 rings (SSSR count). The number of rotatable bonds is 7. The average Bonchev–Trinajstić information content (AvgIpc) is 1.95. The molecule has 74 valence electrons. The number of hydrogen-bond acceptors (Lipinski definition) is 2. The van der Waals surface area contributed by atoms with E-state index in [2.05, 4.69) is 20.8 Å². The topological polar surface area (TPSA) is 26.0 Å². The maximum Gasteiger partial charge on any atom is 0.00183 e. The van der Waals surface area contributed by atoms with E-state index in [-0.39, 0.29) is 0 Å². The lowest BCUT2D eigenvalue weighted by Gasteiger charge is -2.05. The van der Waals surface area contributed by atoms with E-state index in [0.717, 1.165) is 12.3 Å². The zero-order valence-corrected chi connectivity index (χ0v) is 9.49. The third-order valence-corrected chi connectivity index (χ3v) is 2.89. The van der Waals surface area contributed by atoms with Crippen LogP contribution in [-0.4, -0.2) is 17.5 Å². The zero-order chi connectivity index (χ0) is 9.40. The van der Waals surface area contributed by atoms with Crippen molar-refractivity contribution in [3.8, 4) is 0 Å². The first-order valence-electron chi connectivity index (χ1n) is 4.96. The molecule has 0 aliphatic heterocycles. The van der Waals surface area contributed by atoms with Gasteiger partial charge in [0, 0.05) is 6.04 Å². The minimum atomic E-state index is 0.377. The van der Waals surface area contributed by atoms with Crippen molar-refractivity contribution in [2.24, 2.45) is 11.7 Å². The van der Waals surface area contributed by atoms with Gasteiger partial charge in [-0.2, -0.15) is 11.8 Å². The first kappa shape index (κ1) is 12.3. The highest BCUT2D eigenvalue weighted by Gasteiger charge is 1.96. The molecule has 0 saturated carbocycles. The number of hydrogen-bond donors (Lipinski definition) is 1. The maximum atomic E-state index is 5.64. The Kier molecular flexibility index (Phi) is 8.14. The summed E-state index contributed by atoms with van der Waals surface area (Å²) in [4.78, 5) is 0. The van der Waals surface area contributed by atoms with Gasteiger partial charge in [0.25, 0.3) is 0 Å². The smallest absolute Gasteiger partial charge is 0.00183 e. The molecule has 0 aromatic heterocycles. The summed E-state index contributed by atoms with van der Waals surface area (Å²) in [5, 5.41) is 0. The Hall–Kier alpha value is 0.310. The lowest BCUT2D eigenvalue weighted by atomic mass is 10.1. The molecule has 0 bridgehead atoms. The summed E-state index contributed by atoms with van der Waals surface area (Å²) in [6, 6.07) is 0.377. The van der Waals surface area contributed by atoms with E-state index in [1.54, 1.807) is 0 Å². The maximum absolute atomic E-state index is 5.64. The monoisotopic (exact) mass is 189 g/mol. The van der Waals surface area contributed by atoms with Gasteiger partial charge >= 0.3 is 0 Å². The third-order valence-electron chi connectivity index (χ3n) is 1.79. The van der Waals surface area contributed by atoms with Gasteiger partial charge in [-0.1, -0.05) is 20.3 Å². The Morgan fingerprint density at radius 1 is 1.08 bits per heavy atom. The Bertz CT molecular complexity index is 79.8. The van der Waals surface area contributed by atoms with Crippen molar-refractivity contribution in [3.63, 3.8) is 0 Å². The van der Waals surface area contributed by atoms with Crippen LogP contribution in [0.25, 0.3) is 0 Å². The summed E-state index contributed by atoms with van der Waals surface area (Å²) in [6.45, 7) is 6.65. The summed E-state index contributed by atoms with van der Waals surface area (Å²) < 4.78 is 0. The van der Waals surface area contributed by atoms with Crippen LogP contribution in [0, 0.1) is 5.92 Å². The molecule has 0 saturated heterocycles. The van der Waals surface area contributed by atoms with E-state index >= 15 is 0 Å². The molecule has 2 heteroatoms. The highest BCUT2D eigenvalue weighted by atomic mass is 32.2. The molecule has 0 unspecified atom stereocenters. The van der Waals surface area contributed by atoms with E-state index in [4.69, 9.17) is 5.73 Å². The largest absolute Gasteiger partial charge is 0.328 e. The van der Waals surface area contributed by atoms with Crippen LogP contribution in [0.3, 0.4) is 0 Å². The van der Waals surface area contributed by atoms with Crippen LogP contribution in [0.1, 0.15) is 40.0 Å². The normalized spacial score (nSPS) is 13.8. The summed E-state index contributed by atoms with van der Waals surface area (Å²) in [5.41, 5.74) is 5.64. The molecule has 0 aromatic rings. The quantitative estimate of drug-likeness (QED) is 0.623. The van der Waals surface area contributed by atoms with Crippen LogP contribution in [0.2, 0.25) is 0 Å². The van der Waals surface area contributed by atoms with Gasteiger partial charge in [-0.05, 0) is 37.2 Å². The molecule has 1 atom stereocenters. The average molecular weight is 189 g/mol. The predicted molar refractivity (Wildman–Crippen MR) is 59.7 cm³/mol. The highest BCUT2D eigenvalue weighted by Crippen LogP contribution is 2.10. The molecule has 0 radical (unpaired) electrons. The van der Waals surface area contributed by atoms with E-state index in [0.29, 0.717) is 6.04 Å². The number of thioether (sulfide) groups is 1. The lowest BCUT2D eigenvalue weighted by molar-refractivity contribution is 0.579. The van der Waals surface area contributed by atoms with Crippen LogP contribution >= 0.6 is 11.8 Å². The van der Waals surface area contributed by atoms with E-state index < -0.39 is 0 Å². The van der Waals surface area contributed by atoms with Gasteiger partial charge in [0.05, 0.1) is 0 Å². The van der Waals surface area contributed by atoms with Crippen molar-refractivity contribution in [1.82, 2.24) is 0 Å². The number of nitrogens with two attached hydrogens (primary N) is 1. The fraction of sp³-hybridized carbons (Fsp3) is 1.00. The molecule has 0 spiro atoms. The second-order valence-corrected chi connectivity index (χ2v) is 5.14. The van der Waals surface area contributed by atoms with Gasteiger partial charge < -0.3 is 5.73 Å². The van der Waals surface area contributed by atoms with Gasteiger partial charge in [-0.3, -0.25) is 0 Å². The van der Waals surface area contributed by atoms with Crippen molar-refractivity contribution < 1.29 is 0 Å². The molecule has 0 aromatic carbocycles. The molecule has 0 aliphatic carbocycles. The molecule has 1 nitrogen and oxygen atoms in total. The summed E-state index contributed by atoms with van der Waals surface area (Å²) in [6.07, 6.45) is 3.89. The fourth-order valence-electron chi connectivity index (χ4n) is 0.965. The van der Waals surface area contributed by atoms with Gasteiger partial charge in [-0.25, -0.2) is 0 Å². The van der Waals surface area contributed by atoms with Crippen molar-refractivity contribution >= 4 is 11.8 Å². The molecule has 0 heterocycles. The molecule has 2 N–H and O–H groups in total. The molecular formula is C10H23NS. The van der Waals surface area contributed by atoms with Crippen molar-refractivity contribution in [2.75, 3.05) is 11.5 Å². The minimum absolute atomic E-state index is 0.377. The van der Waals surface area contributed by atoms with Crippen molar-refractivity contribution in [2.45, 2.75) is 46.1 Å². The van der Waals surface area contributed by atoms with Gasteiger partial charge in [-0.15, -0.1) is 0 Å². The van der Waals surface area contributed by atoms with E-state index in [1.807, 2.05) is 11.8 Å². The molecule has 0 amide bonds. The molecule has 12 heavy (non-hydrogen) atoms. The van der Waals surface area contributed by atoms with Gasteiger partial charge in [0.15, 0.2) is 0 Å². The molecular weight excluding hydrogens is 166 g/mol. The minimum Gasteiger partial charge on any atom is -0.328 e. The van der Waals surface area contributed by atoms with Gasteiger partial charge in [0.1, 0.15) is 0 Å². The van der Waals surface area contributed by atoms with E-state index in [1.165, 1.54) is 24.3 Å². The van der Waals surface area contributed by atoms with Crippen LogP contribution in [-0.2, 0) is 0 Å². The summed E-state index contributed by atoms with van der Waals surface area (Å²) in [7, 11) is 0.